The molecule has 212 valence electrons. The summed E-state index contributed by atoms with van der Waals surface area (Å²) in [6.45, 7) is 1.01. The summed E-state index contributed by atoms with van der Waals surface area (Å²) in [5.41, 5.74) is 5.11. The Labute approximate surface area is 239 Å². The number of carboxylic acids is 1. The van der Waals surface area contributed by atoms with Gasteiger partial charge in [0.05, 0.1) is 5.41 Å². The Morgan fingerprint density at radius 2 is 1.59 bits per heavy atom. The first-order valence-electron chi connectivity index (χ1n) is 14.2. The molecular formula is C33H35N3O5. The molecule has 0 aromatic heterocycles. The van der Waals surface area contributed by atoms with E-state index in [0.717, 1.165) is 16.7 Å². The van der Waals surface area contributed by atoms with Crippen LogP contribution in [-0.4, -0.2) is 60.3 Å². The summed E-state index contributed by atoms with van der Waals surface area (Å²) in [5.74, 6) is -1.17. The third-order valence-corrected chi connectivity index (χ3v) is 8.92. The van der Waals surface area contributed by atoms with Crippen LogP contribution in [0.5, 0.6) is 0 Å². The summed E-state index contributed by atoms with van der Waals surface area (Å²) >= 11 is 0. The number of rotatable bonds is 10. The number of alkyl carbamates (subject to hydrolysis) is 1. The summed E-state index contributed by atoms with van der Waals surface area (Å²) in [5, 5.41) is 15.6. The molecule has 4 atom stereocenters. The highest BCUT2D eigenvalue weighted by Crippen LogP contribution is 2.63. The first-order valence-corrected chi connectivity index (χ1v) is 14.2. The summed E-state index contributed by atoms with van der Waals surface area (Å²) < 4.78 is 5.70. The number of hydrogen-bond donors (Lipinski definition) is 3. The molecule has 2 saturated carbocycles. The standard InChI is InChI=1S/C33H35N3O5/c1-36(18-21-9-3-2-4-10-21)19-29(30(37)38)35-31(39)33-16-22(33)15-23(17-33)34-32(40)41-20-28-26-13-7-5-11-24(26)25-12-6-8-14-27(25)28/h2-14,22-23,28-29H,15-20H2,1H3,(H,34,40)(H,35,39)(H,37,38). The molecule has 3 aliphatic rings. The van der Waals surface area contributed by atoms with E-state index in [2.05, 4.69) is 34.9 Å². The first kappa shape index (κ1) is 27.0. The van der Waals surface area contributed by atoms with Crippen molar-refractivity contribution in [3.63, 3.8) is 0 Å². The number of hydrogen-bond acceptors (Lipinski definition) is 5. The second kappa shape index (κ2) is 11.0. The lowest BCUT2D eigenvalue weighted by atomic mass is 9.98. The van der Waals surface area contributed by atoms with Gasteiger partial charge in [-0.2, -0.15) is 0 Å². The Morgan fingerprint density at radius 1 is 0.951 bits per heavy atom. The molecule has 0 aliphatic heterocycles. The molecule has 0 heterocycles. The first-order chi connectivity index (χ1) is 19.8. The van der Waals surface area contributed by atoms with Gasteiger partial charge in [0.15, 0.2) is 0 Å². The van der Waals surface area contributed by atoms with Crippen LogP contribution in [-0.2, 0) is 20.9 Å². The van der Waals surface area contributed by atoms with Gasteiger partial charge in [-0.1, -0.05) is 78.9 Å². The van der Waals surface area contributed by atoms with Crippen molar-refractivity contribution >= 4 is 18.0 Å². The van der Waals surface area contributed by atoms with Crippen molar-refractivity contribution in [3.05, 3.63) is 95.6 Å². The van der Waals surface area contributed by atoms with E-state index in [1.165, 1.54) is 11.1 Å². The van der Waals surface area contributed by atoms with E-state index < -0.39 is 23.5 Å². The maximum Gasteiger partial charge on any atom is 0.407 e. The molecule has 0 bridgehead atoms. The molecule has 3 aromatic carbocycles. The molecule has 6 rings (SSSR count). The molecule has 8 nitrogen and oxygen atoms in total. The molecule has 2 amide bonds. The number of fused-ring (bicyclic) bond motifs is 4. The Hall–Kier alpha value is -4.17. The number of aliphatic carboxylic acids is 1. The minimum atomic E-state index is -1.06. The van der Waals surface area contributed by atoms with Gasteiger partial charge in [-0.25, -0.2) is 9.59 Å². The Balaban J connectivity index is 1.01. The number of likely N-dealkylation sites (N-methyl/N-ethyl adjacent to an activating group) is 1. The van der Waals surface area contributed by atoms with Crippen LogP contribution in [0, 0.1) is 11.3 Å². The maximum atomic E-state index is 13.3. The molecule has 8 heteroatoms. The van der Waals surface area contributed by atoms with Gasteiger partial charge in [-0.3, -0.25) is 9.69 Å². The second-order valence-electron chi connectivity index (χ2n) is 11.7. The van der Waals surface area contributed by atoms with Crippen molar-refractivity contribution in [1.29, 1.82) is 0 Å². The summed E-state index contributed by atoms with van der Waals surface area (Å²) in [7, 11) is 1.84. The molecule has 3 N–H and O–H groups in total. The fourth-order valence-corrected chi connectivity index (χ4v) is 6.85. The fraction of sp³-hybridized carbons (Fsp3) is 0.364. The highest BCUT2D eigenvalue weighted by atomic mass is 16.5. The predicted octanol–water partition coefficient (Wildman–Crippen LogP) is 4.40. The van der Waals surface area contributed by atoms with E-state index in [4.69, 9.17) is 4.74 Å². The summed E-state index contributed by atoms with van der Waals surface area (Å²) in [4.78, 5) is 40.0. The third kappa shape index (κ3) is 5.44. The molecule has 4 unspecified atom stereocenters. The number of carboxylic acid groups (broad SMARTS) is 1. The molecule has 41 heavy (non-hydrogen) atoms. The molecule has 0 radical (unpaired) electrons. The SMILES string of the molecule is CN(Cc1ccccc1)CC(NC(=O)C12CC(NC(=O)OCC3c4ccccc4-c4ccccc43)CC1C2)C(=O)O. The van der Waals surface area contributed by atoms with Crippen LogP contribution in [0.4, 0.5) is 4.79 Å². The van der Waals surface area contributed by atoms with Crippen molar-refractivity contribution in [3.8, 4) is 11.1 Å². The van der Waals surface area contributed by atoms with Gasteiger partial charge in [0.2, 0.25) is 5.91 Å². The van der Waals surface area contributed by atoms with Crippen LogP contribution in [0.15, 0.2) is 78.9 Å². The number of carbonyl (C=O) groups excluding carboxylic acids is 2. The van der Waals surface area contributed by atoms with E-state index in [-0.39, 0.29) is 36.9 Å². The minimum absolute atomic E-state index is 0.0183. The van der Waals surface area contributed by atoms with Crippen molar-refractivity contribution < 1.29 is 24.2 Å². The number of carbonyl (C=O) groups is 3. The summed E-state index contributed by atoms with van der Waals surface area (Å²) in [6, 6.07) is 25.0. The normalized spacial score (nSPS) is 22.8. The average molecular weight is 554 g/mol. The second-order valence-corrected chi connectivity index (χ2v) is 11.7. The van der Waals surface area contributed by atoms with Gasteiger partial charge < -0.3 is 20.5 Å². The highest BCUT2D eigenvalue weighted by molar-refractivity contribution is 5.90. The Morgan fingerprint density at radius 3 is 2.24 bits per heavy atom. The number of benzene rings is 3. The van der Waals surface area contributed by atoms with Crippen LogP contribution in [0.25, 0.3) is 11.1 Å². The largest absolute Gasteiger partial charge is 0.480 e. The van der Waals surface area contributed by atoms with Crippen LogP contribution in [0.3, 0.4) is 0 Å². The van der Waals surface area contributed by atoms with E-state index in [1.807, 2.05) is 66.5 Å². The van der Waals surface area contributed by atoms with Crippen molar-refractivity contribution in [2.45, 2.75) is 43.8 Å². The lowest BCUT2D eigenvalue weighted by Gasteiger charge is -2.24. The van der Waals surface area contributed by atoms with E-state index in [9.17, 15) is 19.5 Å². The number of ether oxygens (including phenoxy) is 1. The van der Waals surface area contributed by atoms with Crippen LogP contribution in [0.1, 0.15) is 41.9 Å². The zero-order valence-electron chi connectivity index (χ0n) is 23.1. The quantitative estimate of drug-likeness (QED) is 0.344. The molecule has 0 saturated heterocycles. The predicted molar refractivity (Wildman–Crippen MR) is 154 cm³/mol. The van der Waals surface area contributed by atoms with E-state index in [0.29, 0.717) is 25.8 Å². The molecule has 2 fully saturated rings. The van der Waals surface area contributed by atoms with Crippen molar-refractivity contribution in [2.24, 2.45) is 11.3 Å². The van der Waals surface area contributed by atoms with E-state index in [1.54, 1.807) is 0 Å². The van der Waals surface area contributed by atoms with Crippen LogP contribution >= 0.6 is 0 Å². The topological polar surface area (TPSA) is 108 Å². The van der Waals surface area contributed by atoms with Crippen molar-refractivity contribution in [1.82, 2.24) is 15.5 Å². The van der Waals surface area contributed by atoms with Gasteiger partial charge in [0.1, 0.15) is 12.6 Å². The average Bonchev–Trinajstić information content (AvgIpc) is 3.39. The molecule has 0 spiro atoms. The van der Waals surface area contributed by atoms with Gasteiger partial charge in [0.25, 0.3) is 0 Å². The Kier molecular flexibility index (Phi) is 7.26. The Bertz CT molecular complexity index is 1410. The van der Waals surface area contributed by atoms with Crippen molar-refractivity contribution in [2.75, 3.05) is 20.2 Å². The molecule has 3 aromatic rings. The number of amides is 2. The lowest BCUT2D eigenvalue weighted by Crippen LogP contribution is -2.50. The monoisotopic (exact) mass is 553 g/mol. The zero-order valence-corrected chi connectivity index (χ0v) is 23.1. The smallest absolute Gasteiger partial charge is 0.407 e. The lowest BCUT2D eigenvalue weighted by molar-refractivity contribution is -0.143. The molecular weight excluding hydrogens is 518 g/mol. The van der Waals surface area contributed by atoms with Gasteiger partial charge in [0, 0.05) is 25.0 Å². The molecule has 3 aliphatic carbocycles. The van der Waals surface area contributed by atoms with Crippen LogP contribution < -0.4 is 10.6 Å². The third-order valence-electron chi connectivity index (χ3n) is 8.92. The fourth-order valence-electron chi connectivity index (χ4n) is 6.85. The maximum absolute atomic E-state index is 13.3. The van der Waals surface area contributed by atoms with E-state index >= 15 is 0 Å². The number of nitrogens with zero attached hydrogens (tertiary/aromatic N) is 1. The zero-order chi connectivity index (χ0) is 28.6. The van der Waals surface area contributed by atoms with Crippen LogP contribution in [0.2, 0.25) is 0 Å². The van der Waals surface area contributed by atoms with Gasteiger partial charge >= 0.3 is 12.1 Å². The minimum Gasteiger partial charge on any atom is -0.480 e. The van der Waals surface area contributed by atoms with Gasteiger partial charge in [-0.15, -0.1) is 0 Å². The number of nitrogens with one attached hydrogen (secondary N) is 2. The van der Waals surface area contributed by atoms with Gasteiger partial charge in [-0.05, 0) is 60.0 Å². The summed E-state index contributed by atoms with van der Waals surface area (Å²) in [6.07, 6.45) is 1.40. The highest BCUT2D eigenvalue weighted by Gasteiger charge is 2.65.